The summed E-state index contributed by atoms with van der Waals surface area (Å²) in [6.45, 7) is 0.926. The van der Waals surface area contributed by atoms with E-state index in [2.05, 4.69) is 15.0 Å². The van der Waals surface area contributed by atoms with Crippen LogP contribution in [0.15, 0.2) is 30.5 Å². The molecular formula is C17H18ClN3O2. The smallest absolute Gasteiger partial charge is 0.356 e. The minimum atomic E-state index is -0.471. The number of rotatable bonds is 5. The zero-order valence-corrected chi connectivity index (χ0v) is 13.6. The van der Waals surface area contributed by atoms with Gasteiger partial charge in [0.1, 0.15) is 5.69 Å². The van der Waals surface area contributed by atoms with Crippen LogP contribution in [-0.2, 0) is 4.74 Å². The Balaban J connectivity index is 1.84. The van der Waals surface area contributed by atoms with Crippen molar-refractivity contribution < 1.29 is 9.53 Å². The number of hydrogen-bond acceptors (Lipinski definition) is 5. The highest BCUT2D eigenvalue weighted by Gasteiger charge is 2.21. The van der Waals surface area contributed by atoms with Crippen LogP contribution in [0.25, 0.3) is 11.1 Å². The summed E-state index contributed by atoms with van der Waals surface area (Å²) in [4.78, 5) is 15.5. The third-order valence-corrected chi connectivity index (χ3v) is 4.33. The molecule has 3 rings (SSSR count). The van der Waals surface area contributed by atoms with Gasteiger partial charge in [0.05, 0.1) is 23.5 Å². The van der Waals surface area contributed by atoms with Crippen molar-refractivity contribution in [3.8, 4) is 11.1 Å². The number of benzene rings is 1. The van der Waals surface area contributed by atoms with E-state index in [0.717, 1.165) is 29.3 Å². The van der Waals surface area contributed by atoms with Gasteiger partial charge in [-0.2, -0.15) is 0 Å². The van der Waals surface area contributed by atoms with Crippen LogP contribution >= 0.6 is 11.6 Å². The van der Waals surface area contributed by atoms with Crippen LogP contribution in [0, 0.1) is 5.92 Å². The van der Waals surface area contributed by atoms with Crippen LogP contribution in [0.2, 0.25) is 5.02 Å². The van der Waals surface area contributed by atoms with E-state index >= 15 is 0 Å². The van der Waals surface area contributed by atoms with Gasteiger partial charge in [-0.1, -0.05) is 23.7 Å². The van der Waals surface area contributed by atoms with Crippen LogP contribution in [-0.4, -0.2) is 24.6 Å². The molecule has 1 aromatic heterocycles. The fraction of sp³-hybridized carbons (Fsp3) is 0.294. The summed E-state index contributed by atoms with van der Waals surface area (Å²) in [6, 6.07) is 7.21. The summed E-state index contributed by atoms with van der Waals surface area (Å²) < 4.78 is 4.64. The number of esters is 1. The number of nitrogens with two attached hydrogens (primary N) is 1. The van der Waals surface area contributed by atoms with E-state index in [9.17, 15) is 4.79 Å². The summed E-state index contributed by atoms with van der Waals surface area (Å²) in [6.07, 6.45) is 4.14. The first-order chi connectivity index (χ1) is 11.1. The predicted molar refractivity (Wildman–Crippen MR) is 91.6 cm³/mol. The maximum atomic E-state index is 11.4. The molecule has 0 amide bonds. The fourth-order valence-corrected chi connectivity index (χ4v) is 2.60. The Hall–Kier alpha value is -2.27. The van der Waals surface area contributed by atoms with E-state index in [1.54, 1.807) is 18.3 Å². The number of anilines is 2. The number of hydrogen-bond donors (Lipinski definition) is 2. The molecule has 0 radical (unpaired) electrons. The van der Waals surface area contributed by atoms with Crippen LogP contribution in [0.4, 0.5) is 11.4 Å². The summed E-state index contributed by atoms with van der Waals surface area (Å²) in [5, 5.41) is 3.82. The summed E-state index contributed by atoms with van der Waals surface area (Å²) in [7, 11) is 1.32. The zero-order chi connectivity index (χ0) is 16.4. The quantitative estimate of drug-likeness (QED) is 0.646. The highest BCUT2D eigenvalue weighted by molar-refractivity contribution is 6.36. The van der Waals surface area contributed by atoms with E-state index in [1.165, 1.54) is 20.0 Å². The number of methoxy groups -OCH3 is 1. The molecule has 5 nitrogen and oxygen atoms in total. The van der Waals surface area contributed by atoms with Gasteiger partial charge in [0.15, 0.2) is 0 Å². The average molecular weight is 332 g/mol. The molecule has 0 spiro atoms. The lowest BCUT2D eigenvalue weighted by molar-refractivity contribution is 0.0594. The summed E-state index contributed by atoms with van der Waals surface area (Å²) in [5.74, 6) is 0.282. The van der Waals surface area contributed by atoms with Gasteiger partial charge in [-0.25, -0.2) is 9.78 Å². The molecule has 0 saturated heterocycles. The molecule has 0 bridgehead atoms. The number of halogens is 1. The first-order valence-electron chi connectivity index (χ1n) is 7.46. The highest BCUT2D eigenvalue weighted by atomic mass is 35.5. The largest absolute Gasteiger partial charge is 0.464 e. The molecular weight excluding hydrogens is 314 g/mol. The third-order valence-electron chi connectivity index (χ3n) is 3.93. The van der Waals surface area contributed by atoms with Gasteiger partial charge in [0.2, 0.25) is 0 Å². The molecule has 3 N–H and O–H groups in total. The monoisotopic (exact) mass is 331 g/mol. The first-order valence-corrected chi connectivity index (χ1v) is 7.84. The van der Waals surface area contributed by atoms with Gasteiger partial charge in [-0.05, 0) is 30.9 Å². The topological polar surface area (TPSA) is 77.2 Å². The van der Waals surface area contributed by atoms with E-state index in [-0.39, 0.29) is 5.69 Å². The van der Waals surface area contributed by atoms with Crippen LogP contribution < -0.4 is 11.1 Å². The van der Waals surface area contributed by atoms with E-state index in [1.807, 2.05) is 12.1 Å². The lowest BCUT2D eigenvalue weighted by atomic mass is 10.1. The van der Waals surface area contributed by atoms with Gasteiger partial charge < -0.3 is 15.8 Å². The number of aromatic nitrogens is 1. The van der Waals surface area contributed by atoms with Crippen molar-refractivity contribution in [2.75, 3.05) is 24.7 Å². The van der Waals surface area contributed by atoms with Crippen molar-refractivity contribution in [3.63, 3.8) is 0 Å². The minimum absolute atomic E-state index is 0.253. The van der Waals surface area contributed by atoms with E-state index in [4.69, 9.17) is 17.3 Å². The molecule has 1 aliphatic rings. The summed E-state index contributed by atoms with van der Waals surface area (Å²) in [5.41, 5.74) is 9.35. The van der Waals surface area contributed by atoms with E-state index in [0.29, 0.717) is 10.7 Å². The van der Waals surface area contributed by atoms with Crippen molar-refractivity contribution in [3.05, 3.63) is 41.2 Å². The molecule has 0 unspecified atom stereocenters. The second kappa shape index (κ2) is 6.46. The standard InChI is InChI=1S/C17H18ClN3O2/c1-23-17(22)14-6-4-11(9-21-14)12-5-7-13(16(19)15(12)18)20-8-10-2-3-10/h4-7,9-10,20H,2-3,8,19H2,1H3. The first kappa shape index (κ1) is 15.6. The average Bonchev–Trinajstić information content (AvgIpc) is 3.40. The third kappa shape index (κ3) is 3.40. The number of ether oxygens (including phenoxy) is 1. The van der Waals surface area contributed by atoms with Crippen molar-refractivity contribution in [2.24, 2.45) is 5.92 Å². The maximum Gasteiger partial charge on any atom is 0.356 e. The Morgan fingerprint density at radius 1 is 1.39 bits per heavy atom. The number of carbonyl (C=O) groups is 1. The number of nitrogen functional groups attached to an aromatic ring is 1. The highest BCUT2D eigenvalue weighted by Crippen LogP contribution is 2.37. The minimum Gasteiger partial charge on any atom is -0.464 e. The van der Waals surface area contributed by atoms with Crippen molar-refractivity contribution >= 4 is 28.9 Å². The van der Waals surface area contributed by atoms with Crippen LogP contribution in [0.3, 0.4) is 0 Å². The second-order valence-corrected chi connectivity index (χ2v) is 6.01. The van der Waals surface area contributed by atoms with Crippen LogP contribution in [0.5, 0.6) is 0 Å². The Bertz CT molecular complexity index is 727. The van der Waals surface area contributed by atoms with Crippen LogP contribution in [0.1, 0.15) is 23.3 Å². The molecule has 2 aromatic rings. The molecule has 1 aliphatic carbocycles. The molecule has 1 saturated carbocycles. The lowest BCUT2D eigenvalue weighted by Crippen LogP contribution is -2.06. The van der Waals surface area contributed by atoms with Gasteiger partial charge in [0.25, 0.3) is 0 Å². The molecule has 1 heterocycles. The van der Waals surface area contributed by atoms with Crippen molar-refractivity contribution in [1.29, 1.82) is 0 Å². The molecule has 1 fully saturated rings. The number of carbonyl (C=O) groups excluding carboxylic acids is 1. The summed E-state index contributed by atoms with van der Waals surface area (Å²) >= 11 is 6.41. The maximum absolute atomic E-state index is 11.4. The Morgan fingerprint density at radius 3 is 2.78 bits per heavy atom. The molecule has 1 aromatic carbocycles. The lowest BCUT2D eigenvalue weighted by Gasteiger charge is -2.13. The Kier molecular flexibility index (Phi) is 4.39. The number of nitrogens with zero attached hydrogens (tertiary/aromatic N) is 1. The molecule has 6 heteroatoms. The van der Waals surface area contributed by atoms with Gasteiger partial charge in [0, 0.05) is 23.9 Å². The molecule has 0 aliphatic heterocycles. The normalized spacial score (nSPS) is 13.7. The Labute approximate surface area is 139 Å². The Morgan fingerprint density at radius 2 is 2.17 bits per heavy atom. The second-order valence-electron chi connectivity index (χ2n) is 5.64. The van der Waals surface area contributed by atoms with Gasteiger partial charge in [-0.3, -0.25) is 0 Å². The van der Waals surface area contributed by atoms with Gasteiger partial charge >= 0.3 is 5.97 Å². The van der Waals surface area contributed by atoms with Crippen molar-refractivity contribution in [2.45, 2.75) is 12.8 Å². The van der Waals surface area contributed by atoms with Gasteiger partial charge in [-0.15, -0.1) is 0 Å². The number of pyridine rings is 1. The van der Waals surface area contributed by atoms with Crippen molar-refractivity contribution in [1.82, 2.24) is 4.98 Å². The molecule has 120 valence electrons. The van der Waals surface area contributed by atoms with E-state index < -0.39 is 5.97 Å². The zero-order valence-electron chi connectivity index (χ0n) is 12.8. The number of nitrogens with one attached hydrogen (secondary N) is 1. The fourth-order valence-electron chi connectivity index (χ4n) is 2.32. The predicted octanol–water partition coefficient (Wildman–Crippen LogP) is 3.59. The SMILES string of the molecule is COC(=O)c1ccc(-c2ccc(NCC3CC3)c(N)c2Cl)cn1. The molecule has 23 heavy (non-hydrogen) atoms. The molecule has 0 atom stereocenters.